The molecule has 0 aliphatic heterocycles. The van der Waals surface area contributed by atoms with E-state index in [9.17, 15) is 0 Å². The Bertz CT molecular complexity index is 2100. The molecular formula is C41H31N. The van der Waals surface area contributed by atoms with E-state index in [1.54, 1.807) is 0 Å². The summed E-state index contributed by atoms with van der Waals surface area (Å²) in [5.74, 6) is 0. The molecule has 0 aromatic heterocycles. The summed E-state index contributed by atoms with van der Waals surface area (Å²) in [6.07, 6.45) is 0. The Labute approximate surface area is 247 Å². The highest BCUT2D eigenvalue weighted by Crippen LogP contribution is 2.51. The molecule has 0 radical (unpaired) electrons. The van der Waals surface area contributed by atoms with Crippen LogP contribution in [0.1, 0.15) is 25.0 Å². The fourth-order valence-electron chi connectivity index (χ4n) is 6.91. The molecule has 1 heteroatoms. The van der Waals surface area contributed by atoms with Gasteiger partial charge in [0.15, 0.2) is 0 Å². The van der Waals surface area contributed by atoms with Crippen molar-refractivity contribution in [3.05, 3.63) is 163 Å². The van der Waals surface area contributed by atoms with Crippen molar-refractivity contribution in [1.29, 1.82) is 0 Å². The second kappa shape index (κ2) is 9.46. The molecule has 1 nitrogen and oxygen atoms in total. The van der Waals surface area contributed by atoms with Crippen LogP contribution in [0, 0.1) is 0 Å². The Balaban J connectivity index is 1.35. The van der Waals surface area contributed by atoms with Crippen LogP contribution in [0.15, 0.2) is 152 Å². The molecule has 42 heavy (non-hydrogen) atoms. The number of anilines is 3. The summed E-state index contributed by atoms with van der Waals surface area (Å²) in [6, 6.07) is 55.4. The Hall–Kier alpha value is -5.14. The van der Waals surface area contributed by atoms with E-state index in [1.165, 1.54) is 66.3 Å². The summed E-state index contributed by atoms with van der Waals surface area (Å²) >= 11 is 0. The smallest absolute Gasteiger partial charge is 0.0540 e. The Morgan fingerprint density at radius 2 is 1.10 bits per heavy atom. The third kappa shape index (κ3) is 3.78. The fraction of sp³-hybridized carbons (Fsp3) is 0.0732. The molecule has 7 aromatic carbocycles. The maximum Gasteiger partial charge on any atom is 0.0540 e. The SMILES string of the molecule is CC1(C)c2ccccc2-c2ccc(N(c3ccc(-c4ccccc4)cc3)c3cccc4c3ccc3ccccc34)cc21. The number of benzene rings is 7. The molecule has 0 amide bonds. The van der Waals surface area contributed by atoms with Crippen LogP contribution in [0.25, 0.3) is 43.8 Å². The van der Waals surface area contributed by atoms with E-state index in [-0.39, 0.29) is 5.41 Å². The predicted molar refractivity (Wildman–Crippen MR) is 179 cm³/mol. The van der Waals surface area contributed by atoms with Gasteiger partial charge in [-0.3, -0.25) is 0 Å². The van der Waals surface area contributed by atoms with Crippen LogP contribution < -0.4 is 4.90 Å². The van der Waals surface area contributed by atoms with Gasteiger partial charge in [0, 0.05) is 22.2 Å². The van der Waals surface area contributed by atoms with Gasteiger partial charge in [0.05, 0.1) is 5.69 Å². The van der Waals surface area contributed by atoms with E-state index in [0.29, 0.717) is 0 Å². The Morgan fingerprint density at radius 3 is 1.95 bits per heavy atom. The van der Waals surface area contributed by atoms with Gasteiger partial charge in [0.2, 0.25) is 0 Å². The van der Waals surface area contributed by atoms with Gasteiger partial charge in [0.1, 0.15) is 0 Å². The third-order valence-electron chi connectivity index (χ3n) is 9.06. The Morgan fingerprint density at radius 1 is 0.429 bits per heavy atom. The molecule has 0 fully saturated rings. The molecule has 0 heterocycles. The lowest BCUT2D eigenvalue weighted by Gasteiger charge is -2.29. The standard InChI is InChI=1S/C41H31N/c1-41(2)38-17-9-8-15-35(38)36-26-24-32(27-39(36)41)42(31-22-19-29(20-23-31)28-11-4-3-5-12-28)40-18-10-16-34-33-14-7-6-13-30(33)21-25-37(34)40/h3-27H,1-2H3. The van der Waals surface area contributed by atoms with E-state index in [1.807, 2.05) is 0 Å². The second-order valence-corrected chi connectivity index (χ2v) is 11.8. The van der Waals surface area contributed by atoms with Gasteiger partial charge in [-0.15, -0.1) is 0 Å². The zero-order valence-electron chi connectivity index (χ0n) is 23.9. The number of fused-ring (bicyclic) bond motifs is 6. The molecule has 1 aliphatic carbocycles. The van der Waals surface area contributed by atoms with Gasteiger partial charge in [-0.1, -0.05) is 135 Å². The monoisotopic (exact) mass is 537 g/mol. The molecular weight excluding hydrogens is 506 g/mol. The average molecular weight is 538 g/mol. The largest absolute Gasteiger partial charge is 0.310 e. The van der Waals surface area contributed by atoms with Gasteiger partial charge in [-0.05, 0) is 79.9 Å². The normalized spacial score (nSPS) is 13.2. The molecule has 0 saturated carbocycles. The maximum atomic E-state index is 2.44. The van der Waals surface area contributed by atoms with Crippen LogP contribution >= 0.6 is 0 Å². The molecule has 0 spiro atoms. The van der Waals surface area contributed by atoms with Gasteiger partial charge < -0.3 is 4.90 Å². The van der Waals surface area contributed by atoms with E-state index < -0.39 is 0 Å². The van der Waals surface area contributed by atoms with Crippen molar-refractivity contribution in [1.82, 2.24) is 0 Å². The van der Waals surface area contributed by atoms with Gasteiger partial charge in [-0.2, -0.15) is 0 Å². The zero-order chi connectivity index (χ0) is 28.3. The topological polar surface area (TPSA) is 3.24 Å². The number of hydrogen-bond acceptors (Lipinski definition) is 1. The molecule has 0 unspecified atom stereocenters. The highest BCUT2D eigenvalue weighted by molar-refractivity contribution is 6.12. The molecule has 0 atom stereocenters. The summed E-state index contributed by atoms with van der Waals surface area (Å²) in [6.45, 7) is 4.70. The summed E-state index contributed by atoms with van der Waals surface area (Å²) < 4.78 is 0. The van der Waals surface area contributed by atoms with Crippen molar-refractivity contribution < 1.29 is 0 Å². The van der Waals surface area contributed by atoms with E-state index >= 15 is 0 Å². The minimum Gasteiger partial charge on any atom is -0.310 e. The second-order valence-electron chi connectivity index (χ2n) is 11.8. The summed E-state index contributed by atoms with van der Waals surface area (Å²) in [4.78, 5) is 2.44. The fourth-order valence-corrected chi connectivity index (χ4v) is 6.91. The average Bonchev–Trinajstić information content (AvgIpc) is 3.28. The van der Waals surface area contributed by atoms with E-state index in [4.69, 9.17) is 0 Å². The number of nitrogens with zero attached hydrogens (tertiary/aromatic N) is 1. The van der Waals surface area contributed by atoms with Crippen LogP contribution in [-0.2, 0) is 5.41 Å². The highest BCUT2D eigenvalue weighted by atomic mass is 15.1. The highest BCUT2D eigenvalue weighted by Gasteiger charge is 2.35. The first-order valence-electron chi connectivity index (χ1n) is 14.7. The van der Waals surface area contributed by atoms with Gasteiger partial charge in [-0.25, -0.2) is 0 Å². The lowest BCUT2D eigenvalue weighted by atomic mass is 9.82. The van der Waals surface area contributed by atoms with Crippen LogP contribution in [-0.4, -0.2) is 0 Å². The third-order valence-corrected chi connectivity index (χ3v) is 9.06. The van der Waals surface area contributed by atoms with Crippen molar-refractivity contribution in [3.63, 3.8) is 0 Å². The van der Waals surface area contributed by atoms with Crippen LogP contribution in [0.4, 0.5) is 17.1 Å². The van der Waals surface area contributed by atoms with E-state index in [0.717, 1.165) is 5.69 Å². The molecule has 7 aromatic rings. The summed E-state index contributed by atoms with van der Waals surface area (Å²) in [5, 5.41) is 5.05. The first kappa shape index (κ1) is 24.6. The quantitative estimate of drug-likeness (QED) is 0.202. The first-order valence-corrected chi connectivity index (χ1v) is 14.7. The van der Waals surface area contributed by atoms with Crippen molar-refractivity contribution >= 4 is 38.6 Å². The lowest BCUT2D eigenvalue weighted by Crippen LogP contribution is -2.16. The van der Waals surface area contributed by atoms with Crippen molar-refractivity contribution in [3.8, 4) is 22.3 Å². The molecule has 0 N–H and O–H groups in total. The van der Waals surface area contributed by atoms with Gasteiger partial charge in [0.25, 0.3) is 0 Å². The minimum absolute atomic E-state index is 0.0697. The Kier molecular flexibility index (Phi) is 5.55. The predicted octanol–water partition coefficient (Wildman–Crippen LogP) is 11.4. The van der Waals surface area contributed by atoms with Crippen LogP contribution in [0.2, 0.25) is 0 Å². The minimum atomic E-state index is -0.0697. The van der Waals surface area contributed by atoms with Crippen molar-refractivity contribution in [2.75, 3.05) is 4.90 Å². The molecule has 0 bridgehead atoms. The lowest BCUT2D eigenvalue weighted by molar-refractivity contribution is 0.660. The summed E-state index contributed by atoms with van der Waals surface area (Å²) in [7, 11) is 0. The van der Waals surface area contributed by atoms with Gasteiger partial charge >= 0.3 is 0 Å². The first-order chi connectivity index (χ1) is 20.6. The number of hydrogen-bond donors (Lipinski definition) is 0. The maximum absolute atomic E-state index is 2.44. The van der Waals surface area contributed by atoms with Crippen LogP contribution in [0.3, 0.4) is 0 Å². The van der Waals surface area contributed by atoms with Crippen LogP contribution in [0.5, 0.6) is 0 Å². The van der Waals surface area contributed by atoms with Crippen molar-refractivity contribution in [2.24, 2.45) is 0 Å². The molecule has 200 valence electrons. The zero-order valence-corrected chi connectivity index (χ0v) is 23.9. The summed E-state index contributed by atoms with van der Waals surface area (Å²) in [5.41, 5.74) is 11.3. The molecule has 8 rings (SSSR count). The van der Waals surface area contributed by atoms with E-state index in [2.05, 4.69) is 170 Å². The van der Waals surface area contributed by atoms with Crippen molar-refractivity contribution in [2.45, 2.75) is 19.3 Å². The molecule has 1 aliphatic rings. The number of rotatable bonds is 4. The molecule has 0 saturated heterocycles.